The van der Waals surface area contributed by atoms with Gasteiger partial charge in [-0.05, 0) is 51.8 Å². The minimum atomic E-state index is -0.0840. The lowest BCUT2D eigenvalue weighted by atomic mass is 9.96. The summed E-state index contributed by atoms with van der Waals surface area (Å²) in [5.74, 6) is 2.08. The highest BCUT2D eigenvalue weighted by Crippen LogP contribution is 2.20. The summed E-state index contributed by atoms with van der Waals surface area (Å²) >= 11 is 0. The number of amides is 1. The molecule has 1 saturated heterocycles. The van der Waals surface area contributed by atoms with Gasteiger partial charge in [-0.25, -0.2) is 15.0 Å². The van der Waals surface area contributed by atoms with Gasteiger partial charge in [-0.15, -0.1) is 0 Å². The van der Waals surface area contributed by atoms with Crippen molar-refractivity contribution < 1.29 is 9.21 Å². The van der Waals surface area contributed by atoms with Crippen LogP contribution in [0, 0.1) is 19.8 Å². The molecule has 0 spiro atoms. The fourth-order valence-electron chi connectivity index (χ4n) is 3.69. The van der Waals surface area contributed by atoms with Crippen LogP contribution in [0.5, 0.6) is 0 Å². The van der Waals surface area contributed by atoms with Crippen molar-refractivity contribution in [2.45, 2.75) is 33.2 Å². The van der Waals surface area contributed by atoms with Crippen LogP contribution in [-0.2, 0) is 13.6 Å². The molecule has 0 aromatic carbocycles. The molecule has 0 radical (unpaired) electrons. The van der Waals surface area contributed by atoms with Gasteiger partial charge < -0.3 is 14.3 Å². The van der Waals surface area contributed by atoms with Crippen LogP contribution in [0.4, 0.5) is 0 Å². The first-order valence-electron chi connectivity index (χ1n) is 9.70. The van der Waals surface area contributed by atoms with Crippen molar-refractivity contribution in [3.63, 3.8) is 0 Å². The summed E-state index contributed by atoms with van der Waals surface area (Å²) in [5.41, 5.74) is 2.91. The summed E-state index contributed by atoms with van der Waals surface area (Å²) in [6.07, 6.45) is 5.44. The van der Waals surface area contributed by atoms with Gasteiger partial charge in [-0.3, -0.25) is 9.69 Å². The smallest absolute Gasteiger partial charge is 0.253 e. The second kappa shape index (κ2) is 7.71. The average molecular weight is 382 g/mol. The van der Waals surface area contributed by atoms with Crippen LogP contribution in [0.25, 0.3) is 11.2 Å². The number of nitrogens with zero attached hydrogens (tertiary/aromatic N) is 5. The Hall–Kier alpha value is -2.74. The summed E-state index contributed by atoms with van der Waals surface area (Å²) in [4.78, 5) is 28.1. The van der Waals surface area contributed by atoms with Crippen LogP contribution < -0.4 is 5.32 Å². The number of aromatic nitrogens is 4. The van der Waals surface area contributed by atoms with Crippen molar-refractivity contribution in [3.05, 3.63) is 41.5 Å². The summed E-state index contributed by atoms with van der Waals surface area (Å²) in [7, 11) is 1.87. The second-order valence-electron chi connectivity index (χ2n) is 7.56. The Morgan fingerprint density at radius 1 is 1.29 bits per heavy atom. The molecule has 8 nitrogen and oxygen atoms in total. The monoisotopic (exact) mass is 382 g/mol. The third kappa shape index (κ3) is 3.77. The molecule has 1 fully saturated rings. The van der Waals surface area contributed by atoms with Crippen LogP contribution in [0.15, 0.2) is 23.0 Å². The SMILES string of the molecule is Cc1nc(CN2CCC(CNC(=O)c3ccnc4c3ncn4C)CC2)oc1C. The summed E-state index contributed by atoms with van der Waals surface area (Å²) in [6, 6.07) is 1.73. The Morgan fingerprint density at radius 3 is 2.79 bits per heavy atom. The van der Waals surface area contributed by atoms with Gasteiger partial charge in [0.2, 0.25) is 5.89 Å². The number of rotatable bonds is 5. The van der Waals surface area contributed by atoms with E-state index in [2.05, 4.69) is 25.2 Å². The van der Waals surface area contributed by atoms with Gasteiger partial charge in [0.05, 0.1) is 24.1 Å². The van der Waals surface area contributed by atoms with Gasteiger partial charge in [-0.2, -0.15) is 0 Å². The maximum absolute atomic E-state index is 12.6. The number of hydrogen-bond acceptors (Lipinski definition) is 6. The zero-order valence-corrected chi connectivity index (χ0v) is 16.6. The quantitative estimate of drug-likeness (QED) is 0.728. The lowest BCUT2D eigenvalue weighted by Crippen LogP contribution is -2.38. The minimum absolute atomic E-state index is 0.0840. The molecule has 1 aliphatic rings. The molecular formula is C20H26N6O2. The van der Waals surface area contributed by atoms with Crippen LogP contribution in [0.2, 0.25) is 0 Å². The first-order valence-corrected chi connectivity index (χ1v) is 9.70. The Labute approximate surface area is 164 Å². The molecule has 1 aliphatic heterocycles. The minimum Gasteiger partial charge on any atom is -0.444 e. The van der Waals surface area contributed by atoms with Crippen molar-refractivity contribution in [3.8, 4) is 0 Å². The van der Waals surface area contributed by atoms with Crippen LogP contribution in [0.3, 0.4) is 0 Å². The molecule has 0 saturated carbocycles. The highest BCUT2D eigenvalue weighted by Gasteiger charge is 2.22. The lowest BCUT2D eigenvalue weighted by molar-refractivity contribution is 0.0935. The number of oxazole rings is 1. The number of likely N-dealkylation sites (tertiary alicyclic amines) is 1. The van der Waals surface area contributed by atoms with E-state index in [-0.39, 0.29) is 5.91 Å². The number of fused-ring (bicyclic) bond motifs is 1. The van der Waals surface area contributed by atoms with Gasteiger partial charge in [0, 0.05) is 19.8 Å². The number of imidazole rings is 1. The largest absolute Gasteiger partial charge is 0.444 e. The molecule has 148 valence electrons. The molecule has 0 bridgehead atoms. The Balaban J connectivity index is 1.28. The number of piperidine rings is 1. The second-order valence-corrected chi connectivity index (χ2v) is 7.56. The van der Waals surface area contributed by atoms with Crippen molar-refractivity contribution in [2.75, 3.05) is 19.6 Å². The molecule has 1 N–H and O–H groups in total. The summed E-state index contributed by atoms with van der Waals surface area (Å²) in [6.45, 7) is 7.32. The van der Waals surface area contributed by atoms with E-state index in [9.17, 15) is 4.79 Å². The number of carbonyl (C=O) groups is 1. The molecule has 28 heavy (non-hydrogen) atoms. The number of hydrogen-bond donors (Lipinski definition) is 1. The van der Waals surface area contributed by atoms with E-state index in [1.165, 1.54) is 0 Å². The van der Waals surface area contributed by atoms with Gasteiger partial charge >= 0.3 is 0 Å². The highest BCUT2D eigenvalue weighted by molar-refractivity contribution is 6.03. The summed E-state index contributed by atoms with van der Waals surface area (Å²) in [5, 5.41) is 3.08. The number of carbonyl (C=O) groups excluding carboxylic acids is 1. The van der Waals surface area contributed by atoms with Crippen molar-refractivity contribution in [2.24, 2.45) is 13.0 Å². The van der Waals surface area contributed by atoms with E-state index in [1.807, 2.05) is 25.5 Å². The Bertz CT molecular complexity index is 964. The van der Waals surface area contributed by atoms with Crippen LogP contribution >= 0.6 is 0 Å². The molecule has 0 unspecified atom stereocenters. The average Bonchev–Trinajstić information content (AvgIpc) is 3.22. The van der Waals surface area contributed by atoms with Crippen molar-refractivity contribution in [1.82, 2.24) is 29.7 Å². The van der Waals surface area contributed by atoms with Gasteiger partial charge in [0.25, 0.3) is 5.91 Å². The van der Waals surface area contributed by atoms with E-state index >= 15 is 0 Å². The zero-order valence-electron chi connectivity index (χ0n) is 16.6. The Kier molecular flexibility index (Phi) is 5.13. The molecule has 3 aromatic rings. The molecule has 3 aromatic heterocycles. The molecule has 4 rings (SSSR count). The molecule has 0 aliphatic carbocycles. The normalized spacial score (nSPS) is 16.0. The van der Waals surface area contributed by atoms with Crippen molar-refractivity contribution >= 4 is 17.1 Å². The van der Waals surface area contributed by atoms with E-state index in [4.69, 9.17) is 4.42 Å². The van der Waals surface area contributed by atoms with Crippen LogP contribution in [0.1, 0.15) is 40.5 Å². The predicted octanol–water partition coefficient (Wildman–Crippen LogP) is 2.22. The molecule has 4 heterocycles. The van der Waals surface area contributed by atoms with Gasteiger partial charge in [0.15, 0.2) is 5.65 Å². The fraction of sp³-hybridized carbons (Fsp3) is 0.500. The van der Waals surface area contributed by atoms with Crippen LogP contribution in [-0.4, -0.2) is 50.0 Å². The van der Waals surface area contributed by atoms with Gasteiger partial charge in [0.1, 0.15) is 11.3 Å². The van der Waals surface area contributed by atoms with E-state index in [1.54, 1.807) is 18.6 Å². The number of aryl methyl sites for hydroxylation is 3. The molecule has 1 amide bonds. The molecule has 0 atom stereocenters. The van der Waals surface area contributed by atoms with Gasteiger partial charge in [-0.1, -0.05) is 0 Å². The number of nitrogens with one attached hydrogen (secondary N) is 1. The summed E-state index contributed by atoms with van der Waals surface area (Å²) < 4.78 is 7.50. The van der Waals surface area contributed by atoms with E-state index < -0.39 is 0 Å². The van der Waals surface area contributed by atoms with E-state index in [0.717, 1.165) is 55.5 Å². The first-order chi connectivity index (χ1) is 13.5. The Morgan fingerprint density at radius 2 is 2.07 bits per heavy atom. The zero-order chi connectivity index (χ0) is 19.7. The fourth-order valence-corrected chi connectivity index (χ4v) is 3.69. The lowest BCUT2D eigenvalue weighted by Gasteiger charge is -2.31. The molecular weight excluding hydrogens is 356 g/mol. The third-order valence-corrected chi connectivity index (χ3v) is 5.53. The highest BCUT2D eigenvalue weighted by atomic mass is 16.4. The number of pyridine rings is 1. The maximum Gasteiger partial charge on any atom is 0.253 e. The first kappa shape index (κ1) is 18.6. The topological polar surface area (TPSA) is 89.1 Å². The van der Waals surface area contributed by atoms with Crippen molar-refractivity contribution in [1.29, 1.82) is 0 Å². The van der Waals surface area contributed by atoms with E-state index in [0.29, 0.717) is 23.5 Å². The standard InChI is InChI=1S/C20H26N6O2/c1-13-14(2)28-17(24-13)11-26-8-5-15(6-9-26)10-22-20(27)16-4-7-21-19-18(16)23-12-25(19)3/h4,7,12,15H,5-6,8-11H2,1-3H3,(H,22,27). The predicted molar refractivity (Wildman–Crippen MR) is 105 cm³/mol. The third-order valence-electron chi connectivity index (χ3n) is 5.53. The molecule has 8 heteroatoms. The maximum atomic E-state index is 12.6.